The number of aryl methyl sites for hydroxylation is 2. The molecular formula is C15H20OS2. The topological polar surface area (TPSA) is 17.1 Å². The van der Waals surface area contributed by atoms with Crippen LogP contribution in [0.25, 0.3) is 0 Å². The summed E-state index contributed by atoms with van der Waals surface area (Å²) >= 11 is 3.76. The SMILES string of the molecule is Cc1ccc(C(=O)C2CSC(C)C(C)S2)c(C)c1. The second kappa shape index (κ2) is 5.70. The molecule has 98 valence electrons. The summed E-state index contributed by atoms with van der Waals surface area (Å²) in [6, 6.07) is 6.12. The van der Waals surface area contributed by atoms with Gasteiger partial charge in [-0.1, -0.05) is 37.6 Å². The van der Waals surface area contributed by atoms with Crippen molar-refractivity contribution >= 4 is 29.3 Å². The largest absolute Gasteiger partial charge is 0.293 e. The number of hydrogen-bond acceptors (Lipinski definition) is 3. The Kier molecular flexibility index (Phi) is 4.44. The van der Waals surface area contributed by atoms with E-state index >= 15 is 0 Å². The number of rotatable bonds is 2. The normalized spacial score (nSPS) is 28.1. The van der Waals surface area contributed by atoms with Crippen LogP contribution in [0, 0.1) is 13.8 Å². The molecule has 1 heterocycles. The molecule has 3 heteroatoms. The van der Waals surface area contributed by atoms with E-state index in [0.29, 0.717) is 16.3 Å². The van der Waals surface area contributed by atoms with E-state index in [1.165, 1.54) is 5.56 Å². The molecule has 1 aliphatic rings. The molecule has 18 heavy (non-hydrogen) atoms. The monoisotopic (exact) mass is 280 g/mol. The average Bonchev–Trinajstić information content (AvgIpc) is 2.32. The lowest BCUT2D eigenvalue weighted by Crippen LogP contribution is -2.32. The van der Waals surface area contributed by atoms with Gasteiger partial charge >= 0.3 is 0 Å². The second-order valence-electron chi connectivity index (χ2n) is 5.05. The molecule has 0 N–H and O–H groups in total. The van der Waals surface area contributed by atoms with Crippen molar-refractivity contribution in [1.82, 2.24) is 0 Å². The van der Waals surface area contributed by atoms with E-state index in [9.17, 15) is 4.79 Å². The van der Waals surface area contributed by atoms with Crippen LogP contribution in [0.3, 0.4) is 0 Å². The molecule has 1 saturated heterocycles. The van der Waals surface area contributed by atoms with Crippen molar-refractivity contribution in [2.45, 2.75) is 43.4 Å². The molecule has 0 saturated carbocycles. The Morgan fingerprint density at radius 2 is 1.94 bits per heavy atom. The summed E-state index contributed by atoms with van der Waals surface area (Å²) in [5.74, 6) is 1.26. The van der Waals surface area contributed by atoms with Crippen molar-refractivity contribution in [3.8, 4) is 0 Å². The fourth-order valence-corrected chi connectivity index (χ4v) is 5.05. The fraction of sp³-hybridized carbons (Fsp3) is 0.533. The standard InChI is InChI=1S/C15H20OS2/c1-9-5-6-13(10(2)7-9)15(16)14-8-17-11(3)12(4)18-14/h5-7,11-12,14H,8H2,1-4H3. The van der Waals surface area contributed by atoms with Gasteiger partial charge in [-0.15, -0.1) is 11.8 Å². The highest BCUT2D eigenvalue weighted by molar-refractivity contribution is 8.08. The third-order valence-electron chi connectivity index (χ3n) is 3.49. The van der Waals surface area contributed by atoms with Crippen LogP contribution in [0.15, 0.2) is 18.2 Å². The second-order valence-corrected chi connectivity index (χ2v) is 8.05. The highest BCUT2D eigenvalue weighted by atomic mass is 32.2. The Morgan fingerprint density at radius 1 is 1.22 bits per heavy atom. The van der Waals surface area contributed by atoms with Gasteiger partial charge in [0.25, 0.3) is 0 Å². The third kappa shape index (κ3) is 2.94. The summed E-state index contributed by atoms with van der Waals surface area (Å²) in [4.78, 5) is 12.5. The predicted octanol–water partition coefficient (Wildman–Crippen LogP) is 4.11. The zero-order valence-corrected chi connectivity index (χ0v) is 13.0. The van der Waals surface area contributed by atoms with E-state index in [4.69, 9.17) is 0 Å². The number of ketones is 1. The summed E-state index contributed by atoms with van der Waals surface area (Å²) in [5.41, 5.74) is 3.23. The van der Waals surface area contributed by atoms with Gasteiger partial charge in [-0.3, -0.25) is 4.79 Å². The minimum atomic E-state index is 0.127. The highest BCUT2D eigenvalue weighted by Gasteiger charge is 2.31. The summed E-state index contributed by atoms with van der Waals surface area (Å²) < 4.78 is 0. The van der Waals surface area contributed by atoms with Crippen LogP contribution in [-0.4, -0.2) is 27.3 Å². The Hall–Kier alpha value is -0.410. The quantitative estimate of drug-likeness (QED) is 0.759. The smallest absolute Gasteiger partial charge is 0.176 e. The van der Waals surface area contributed by atoms with Crippen LogP contribution in [0.1, 0.15) is 35.3 Å². The average molecular weight is 280 g/mol. The molecular weight excluding hydrogens is 260 g/mol. The molecule has 0 aliphatic carbocycles. The zero-order valence-electron chi connectivity index (χ0n) is 11.4. The summed E-state index contributed by atoms with van der Waals surface area (Å²) in [6.45, 7) is 8.58. The molecule has 1 aliphatic heterocycles. The summed E-state index contributed by atoms with van der Waals surface area (Å²) in [7, 11) is 0. The first kappa shape index (κ1) is 14.0. The first-order valence-corrected chi connectivity index (χ1v) is 8.36. The Morgan fingerprint density at radius 3 is 2.56 bits per heavy atom. The fourth-order valence-electron chi connectivity index (χ4n) is 2.18. The molecule has 1 fully saturated rings. The molecule has 0 amide bonds. The predicted molar refractivity (Wildman–Crippen MR) is 83.0 cm³/mol. The van der Waals surface area contributed by atoms with Gasteiger partial charge in [0.2, 0.25) is 0 Å². The number of carbonyl (C=O) groups excluding carboxylic acids is 1. The number of carbonyl (C=O) groups is 1. The number of hydrogen-bond donors (Lipinski definition) is 0. The van der Waals surface area contributed by atoms with E-state index in [1.807, 2.05) is 42.6 Å². The van der Waals surface area contributed by atoms with E-state index in [2.05, 4.69) is 26.8 Å². The van der Waals surface area contributed by atoms with Gasteiger partial charge in [-0.05, 0) is 19.4 Å². The summed E-state index contributed by atoms with van der Waals surface area (Å²) in [6.07, 6.45) is 0. The lowest BCUT2D eigenvalue weighted by Gasteiger charge is -2.30. The third-order valence-corrected chi connectivity index (χ3v) is 6.88. The lowest BCUT2D eigenvalue weighted by atomic mass is 10.0. The maximum atomic E-state index is 12.5. The lowest BCUT2D eigenvalue weighted by molar-refractivity contribution is 0.0994. The van der Waals surface area contributed by atoms with Crippen LogP contribution in [-0.2, 0) is 0 Å². The van der Waals surface area contributed by atoms with Gasteiger partial charge in [0.15, 0.2) is 5.78 Å². The Labute approximate surface area is 118 Å². The van der Waals surface area contributed by atoms with E-state index in [-0.39, 0.29) is 5.25 Å². The number of Topliss-reactive ketones (excluding diaryl/α,β-unsaturated/α-hetero) is 1. The van der Waals surface area contributed by atoms with E-state index in [1.54, 1.807) is 0 Å². The van der Waals surface area contributed by atoms with Crippen LogP contribution < -0.4 is 0 Å². The maximum absolute atomic E-state index is 12.5. The van der Waals surface area contributed by atoms with Gasteiger partial charge in [0, 0.05) is 21.8 Å². The van der Waals surface area contributed by atoms with Gasteiger partial charge < -0.3 is 0 Å². The minimum Gasteiger partial charge on any atom is -0.293 e. The molecule has 0 radical (unpaired) electrons. The number of benzene rings is 1. The molecule has 2 rings (SSSR count). The molecule has 0 spiro atoms. The minimum absolute atomic E-state index is 0.127. The van der Waals surface area contributed by atoms with E-state index in [0.717, 1.165) is 16.9 Å². The van der Waals surface area contributed by atoms with Crippen molar-refractivity contribution in [2.24, 2.45) is 0 Å². The number of thioether (sulfide) groups is 2. The molecule has 3 unspecified atom stereocenters. The summed E-state index contributed by atoms with van der Waals surface area (Å²) in [5, 5.41) is 1.34. The van der Waals surface area contributed by atoms with Gasteiger partial charge in [-0.25, -0.2) is 0 Å². The van der Waals surface area contributed by atoms with Crippen molar-refractivity contribution in [3.05, 3.63) is 34.9 Å². The highest BCUT2D eigenvalue weighted by Crippen LogP contribution is 2.37. The molecule has 1 aromatic rings. The zero-order chi connectivity index (χ0) is 13.3. The van der Waals surface area contributed by atoms with Crippen LogP contribution in [0.2, 0.25) is 0 Å². The first-order chi connectivity index (χ1) is 8.49. The van der Waals surface area contributed by atoms with Crippen molar-refractivity contribution in [2.75, 3.05) is 5.75 Å². The van der Waals surface area contributed by atoms with Crippen LogP contribution in [0.4, 0.5) is 0 Å². The van der Waals surface area contributed by atoms with Gasteiger partial charge in [0.05, 0.1) is 5.25 Å². The van der Waals surface area contributed by atoms with Gasteiger partial charge in [0.1, 0.15) is 0 Å². The Balaban J connectivity index is 2.16. The van der Waals surface area contributed by atoms with Crippen molar-refractivity contribution in [3.63, 3.8) is 0 Å². The van der Waals surface area contributed by atoms with E-state index < -0.39 is 0 Å². The Bertz CT molecular complexity index is 456. The van der Waals surface area contributed by atoms with Crippen LogP contribution >= 0.6 is 23.5 Å². The maximum Gasteiger partial charge on any atom is 0.176 e. The molecule has 1 aromatic carbocycles. The van der Waals surface area contributed by atoms with Crippen molar-refractivity contribution in [1.29, 1.82) is 0 Å². The molecule has 1 nitrogen and oxygen atoms in total. The first-order valence-electron chi connectivity index (χ1n) is 6.37. The van der Waals surface area contributed by atoms with Crippen LogP contribution in [0.5, 0.6) is 0 Å². The van der Waals surface area contributed by atoms with Gasteiger partial charge in [-0.2, -0.15) is 11.8 Å². The van der Waals surface area contributed by atoms with Crippen molar-refractivity contribution < 1.29 is 4.79 Å². The molecule has 0 bridgehead atoms. The molecule has 0 aromatic heterocycles. The molecule has 3 atom stereocenters.